The summed E-state index contributed by atoms with van der Waals surface area (Å²) in [4.78, 5) is 25.5. The number of hydrogen-bond donors (Lipinski definition) is 1. The Hall–Kier alpha value is -1.54. The molecule has 1 aromatic carbocycles. The van der Waals surface area contributed by atoms with Crippen LogP contribution in [-0.2, 0) is 14.6 Å². The number of carboxylic acids is 1. The summed E-state index contributed by atoms with van der Waals surface area (Å²) in [5, 5.41) is 9.02. The highest BCUT2D eigenvalue weighted by Gasteiger charge is 2.29. The van der Waals surface area contributed by atoms with Crippen LogP contribution >= 0.6 is 11.8 Å². The predicted molar refractivity (Wildman–Crippen MR) is 97.8 cm³/mol. The highest BCUT2D eigenvalue weighted by molar-refractivity contribution is 7.99. The highest BCUT2D eigenvalue weighted by atomic mass is 32.2. The van der Waals surface area contributed by atoms with Gasteiger partial charge in [-0.15, -0.1) is 0 Å². The predicted octanol–water partition coefficient (Wildman–Crippen LogP) is 2.29. The lowest BCUT2D eigenvalue weighted by Gasteiger charge is -2.34. The monoisotopic (exact) mass is 385 g/mol. The van der Waals surface area contributed by atoms with Crippen molar-refractivity contribution in [3.63, 3.8) is 0 Å². The van der Waals surface area contributed by atoms with E-state index >= 15 is 0 Å². The van der Waals surface area contributed by atoms with E-state index in [4.69, 9.17) is 5.11 Å². The van der Waals surface area contributed by atoms with Crippen LogP contribution in [0.2, 0.25) is 0 Å². The largest absolute Gasteiger partial charge is 0.481 e. The van der Waals surface area contributed by atoms with E-state index in [1.54, 1.807) is 16.7 Å². The number of carboxylic acid groups (broad SMARTS) is 1. The van der Waals surface area contributed by atoms with Gasteiger partial charge in [0.1, 0.15) is 0 Å². The molecular weight excluding hydrogens is 362 g/mol. The van der Waals surface area contributed by atoms with Crippen molar-refractivity contribution in [2.24, 2.45) is 0 Å². The van der Waals surface area contributed by atoms with Crippen molar-refractivity contribution >= 4 is 33.5 Å². The molecule has 0 bridgehead atoms. The molecule has 0 radical (unpaired) electrons. The molecule has 1 saturated heterocycles. The first-order chi connectivity index (χ1) is 11.8. The van der Waals surface area contributed by atoms with E-state index in [9.17, 15) is 18.0 Å². The van der Waals surface area contributed by atoms with Crippen molar-refractivity contribution in [1.82, 2.24) is 4.90 Å². The number of benzene rings is 1. The molecule has 1 aliphatic rings. The average Bonchev–Trinajstić information content (AvgIpc) is 2.59. The zero-order valence-corrected chi connectivity index (χ0v) is 15.8. The number of rotatable bonds is 7. The van der Waals surface area contributed by atoms with Crippen LogP contribution in [0.5, 0.6) is 0 Å². The molecule has 1 heterocycles. The fourth-order valence-electron chi connectivity index (χ4n) is 2.72. The number of thioether (sulfide) groups is 1. The molecule has 1 aromatic rings. The fourth-order valence-corrected chi connectivity index (χ4v) is 5.23. The van der Waals surface area contributed by atoms with Crippen LogP contribution < -0.4 is 0 Å². The van der Waals surface area contributed by atoms with Gasteiger partial charge in [0.15, 0.2) is 9.84 Å². The van der Waals surface area contributed by atoms with Gasteiger partial charge in [0.2, 0.25) is 0 Å². The Labute approximate surface area is 152 Å². The third-order valence-electron chi connectivity index (χ3n) is 4.13. The summed E-state index contributed by atoms with van der Waals surface area (Å²) in [6, 6.07) is 5.62. The van der Waals surface area contributed by atoms with Gasteiger partial charge < -0.3 is 10.0 Å². The van der Waals surface area contributed by atoms with Crippen molar-refractivity contribution < 1.29 is 23.1 Å². The van der Waals surface area contributed by atoms with Crippen molar-refractivity contribution in [1.29, 1.82) is 0 Å². The van der Waals surface area contributed by atoms with Gasteiger partial charge in [0.25, 0.3) is 5.91 Å². The van der Waals surface area contributed by atoms with Crippen LogP contribution in [0.4, 0.5) is 0 Å². The van der Waals surface area contributed by atoms with Crippen molar-refractivity contribution in [2.75, 3.05) is 23.8 Å². The van der Waals surface area contributed by atoms with Crippen LogP contribution in [0.15, 0.2) is 29.2 Å². The van der Waals surface area contributed by atoms with Crippen molar-refractivity contribution in [3.8, 4) is 0 Å². The smallest absolute Gasteiger partial charge is 0.305 e. The van der Waals surface area contributed by atoms with Crippen molar-refractivity contribution in [2.45, 2.75) is 37.1 Å². The van der Waals surface area contributed by atoms with Gasteiger partial charge in [0, 0.05) is 23.6 Å². The lowest BCUT2D eigenvalue weighted by Crippen LogP contribution is -2.47. The summed E-state index contributed by atoms with van der Waals surface area (Å²) >= 11 is 1.64. The van der Waals surface area contributed by atoms with E-state index in [1.807, 2.05) is 6.92 Å². The lowest BCUT2D eigenvalue weighted by atomic mass is 10.1. The van der Waals surface area contributed by atoms with Crippen LogP contribution in [0.3, 0.4) is 0 Å². The van der Waals surface area contributed by atoms with E-state index in [2.05, 4.69) is 0 Å². The average molecular weight is 386 g/mol. The third-order valence-corrected chi connectivity index (χ3v) is 7.03. The first-order valence-corrected chi connectivity index (χ1v) is 11.1. The molecule has 1 unspecified atom stereocenters. The summed E-state index contributed by atoms with van der Waals surface area (Å²) in [6.45, 7) is 2.43. The quantitative estimate of drug-likeness (QED) is 0.774. The molecule has 1 fully saturated rings. The van der Waals surface area contributed by atoms with E-state index < -0.39 is 15.8 Å². The maximum atomic E-state index is 12.7. The SMILES string of the molecule is CCCCS(=O)(=O)c1ccc(C(=O)N2CCSCC2CC(=O)O)cc1. The first kappa shape index (κ1) is 19.8. The second-order valence-electron chi connectivity index (χ2n) is 6.02. The summed E-state index contributed by atoms with van der Waals surface area (Å²) in [5.41, 5.74) is 0.386. The van der Waals surface area contributed by atoms with Gasteiger partial charge in [-0.2, -0.15) is 11.8 Å². The van der Waals surface area contributed by atoms with Gasteiger partial charge in [-0.3, -0.25) is 9.59 Å². The third kappa shape index (κ3) is 5.22. The zero-order valence-electron chi connectivity index (χ0n) is 14.2. The number of carbonyl (C=O) groups is 2. The topological polar surface area (TPSA) is 91.8 Å². The number of aliphatic carboxylic acids is 1. The number of hydrogen-bond acceptors (Lipinski definition) is 5. The molecule has 0 spiro atoms. The second-order valence-corrected chi connectivity index (χ2v) is 9.28. The minimum Gasteiger partial charge on any atom is -0.481 e. The molecule has 8 heteroatoms. The Balaban J connectivity index is 2.15. The van der Waals surface area contributed by atoms with Crippen LogP contribution in [0.25, 0.3) is 0 Å². The molecule has 1 atom stereocenters. The maximum absolute atomic E-state index is 12.7. The molecule has 6 nitrogen and oxygen atoms in total. The minimum absolute atomic E-state index is 0.0811. The van der Waals surface area contributed by atoms with Gasteiger partial charge in [-0.05, 0) is 30.7 Å². The molecule has 0 saturated carbocycles. The normalized spacial score (nSPS) is 18.1. The van der Waals surface area contributed by atoms with Gasteiger partial charge in [0.05, 0.1) is 23.1 Å². The number of sulfone groups is 1. The molecule has 1 amide bonds. The lowest BCUT2D eigenvalue weighted by molar-refractivity contribution is -0.138. The Morgan fingerprint density at radius 3 is 2.56 bits per heavy atom. The molecule has 2 rings (SSSR count). The number of carbonyl (C=O) groups excluding carboxylic acids is 1. The maximum Gasteiger partial charge on any atom is 0.305 e. The highest BCUT2D eigenvalue weighted by Crippen LogP contribution is 2.22. The minimum atomic E-state index is -3.32. The molecule has 0 aromatic heterocycles. The summed E-state index contributed by atoms with van der Waals surface area (Å²) in [6.07, 6.45) is 1.32. The van der Waals surface area contributed by atoms with Gasteiger partial charge >= 0.3 is 5.97 Å². The Morgan fingerprint density at radius 1 is 1.28 bits per heavy atom. The Morgan fingerprint density at radius 2 is 1.96 bits per heavy atom. The molecule has 0 aliphatic carbocycles. The number of amides is 1. The van der Waals surface area contributed by atoms with E-state index in [0.717, 1.165) is 12.2 Å². The summed E-state index contributed by atoms with van der Waals surface area (Å²) in [7, 11) is -3.32. The second kappa shape index (κ2) is 8.71. The van der Waals surface area contributed by atoms with Crippen LogP contribution in [-0.4, -0.2) is 60.1 Å². The number of unbranched alkanes of at least 4 members (excludes halogenated alkanes) is 1. The number of nitrogens with zero attached hydrogens (tertiary/aromatic N) is 1. The molecular formula is C17H23NO5S2. The van der Waals surface area contributed by atoms with Crippen molar-refractivity contribution in [3.05, 3.63) is 29.8 Å². The van der Waals surface area contributed by atoms with E-state index in [-0.39, 0.29) is 29.0 Å². The Bertz CT molecular complexity index is 715. The van der Waals surface area contributed by atoms with Gasteiger partial charge in [-0.25, -0.2) is 8.42 Å². The first-order valence-electron chi connectivity index (χ1n) is 8.28. The zero-order chi connectivity index (χ0) is 18.4. The Kier molecular flexibility index (Phi) is 6.89. The molecule has 138 valence electrons. The molecule has 25 heavy (non-hydrogen) atoms. The molecule has 1 N–H and O–H groups in total. The van der Waals surface area contributed by atoms with Gasteiger partial charge in [-0.1, -0.05) is 13.3 Å². The van der Waals surface area contributed by atoms with E-state index in [1.165, 1.54) is 24.3 Å². The molecule has 1 aliphatic heterocycles. The van der Waals surface area contributed by atoms with E-state index in [0.29, 0.717) is 24.3 Å². The summed E-state index contributed by atoms with van der Waals surface area (Å²) in [5.74, 6) is 0.292. The fraction of sp³-hybridized carbons (Fsp3) is 0.529. The standard InChI is InChI=1S/C17H23NO5S2/c1-2-3-10-25(22,23)15-6-4-13(5-7-15)17(21)18-8-9-24-12-14(18)11-16(19)20/h4-7,14H,2-3,8-12H2,1H3,(H,19,20). The summed E-state index contributed by atoms with van der Waals surface area (Å²) < 4.78 is 24.4. The van der Waals surface area contributed by atoms with Crippen LogP contribution in [0, 0.1) is 0 Å². The van der Waals surface area contributed by atoms with Crippen LogP contribution in [0.1, 0.15) is 36.5 Å².